The molecule has 11 nitrogen and oxygen atoms in total. The number of halogens is 1. The Kier molecular flexibility index (Phi) is 5.45. The maximum absolute atomic E-state index is 15.3. The first-order valence-corrected chi connectivity index (χ1v) is 10.7. The van der Waals surface area contributed by atoms with Crippen LogP contribution in [0, 0.1) is 0 Å². The zero-order valence-corrected chi connectivity index (χ0v) is 15.5. The second kappa shape index (κ2) is 6.84. The van der Waals surface area contributed by atoms with Crippen LogP contribution in [0.3, 0.4) is 0 Å². The molecule has 0 amide bonds. The molecule has 0 aromatic carbocycles. The Morgan fingerprint density at radius 3 is 2.38 bits per heavy atom. The molecule has 26 heavy (non-hydrogen) atoms. The molecule has 0 saturated carbocycles. The van der Waals surface area contributed by atoms with Crippen molar-refractivity contribution in [3.63, 3.8) is 0 Å². The van der Waals surface area contributed by atoms with Crippen LogP contribution >= 0.6 is 0 Å². The number of hydrogen-bond acceptors (Lipinski definition) is 9. The van der Waals surface area contributed by atoms with E-state index < -0.39 is 62.2 Å². The molecule has 1 aromatic heterocycles. The van der Waals surface area contributed by atoms with Crippen molar-refractivity contribution in [2.24, 2.45) is 0 Å². The normalized spacial score (nSPS) is 29.8. The molecular formula is C12H17FN2O9S2. The quantitative estimate of drug-likeness (QED) is 0.545. The Bertz CT molecular complexity index is 996. The summed E-state index contributed by atoms with van der Waals surface area (Å²) in [4.78, 5) is 25.0. The van der Waals surface area contributed by atoms with Gasteiger partial charge in [0.25, 0.3) is 25.8 Å². The first-order valence-electron chi connectivity index (χ1n) is 7.09. The van der Waals surface area contributed by atoms with Gasteiger partial charge in [0.05, 0.1) is 19.1 Å². The van der Waals surface area contributed by atoms with E-state index in [1.165, 1.54) is 0 Å². The van der Waals surface area contributed by atoms with Crippen LogP contribution in [0.1, 0.15) is 13.2 Å². The van der Waals surface area contributed by atoms with Gasteiger partial charge in [-0.15, -0.1) is 0 Å². The molecule has 148 valence electrons. The average molecular weight is 416 g/mol. The summed E-state index contributed by atoms with van der Waals surface area (Å²) >= 11 is 0. The fraction of sp³-hybridized carbons (Fsp3) is 0.667. The highest BCUT2D eigenvalue weighted by Gasteiger charge is 2.58. The molecule has 1 fully saturated rings. The summed E-state index contributed by atoms with van der Waals surface area (Å²) in [6, 6.07) is 0.938. The van der Waals surface area contributed by atoms with Gasteiger partial charge >= 0.3 is 5.69 Å². The molecular weight excluding hydrogens is 399 g/mol. The minimum absolute atomic E-state index is 0.678. The van der Waals surface area contributed by atoms with Crippen molar-refractivity contribution in [3.05, 3.63) is 33.1 Å². The van der Waals surface area contributed by atoms with Crippen LogP contribution in [-0.2, 0) is 33.3 Å². The number of alkyl halides is 1. The molecule has 1 saturated heterocycles. The molecule has 0 spiro atoms. The van der Waals surface area contributed by atoms with Gasteiger partial charge in [-0.1, -0.05) is 0 Å². The number of nitrogens with one attached hydrogen (secondary N) is 1. The Balaban J connectivity index is 2.45. The average Bonchev–Trinajstić information content (AvgIpc) is 2.67. The van der Waals surface area contributed by atoms with Gasteiger partial charge in [-0.05, 0) is 6.92 Å². The van der Waals surface area contributed by atoms with E-state index >= 15 is 4.39 Å². The minimum Gasteiger partial charge on any atom is -0.346 e. The van der Waals surface area contributed by atoms with E-state index in [1.54, 1.807) is 0 Å². The van der Waals surface area contributed by atoms with E-state index in [0.29, 0.717) is 10.8 Å². The third-order valence-corrected chi connectivity index (χ3v) is 4.63. The molecule has 2 rings (SSSR count). The van der Waals surface area contributed by atoms with Gasteiger partial charge in [0.2, 0.25) is 0 Å². The van der Waals surface area contributed by atoms with Crippen LogP contribution < -0.4 is 11.2 Å². The number of H-pyrrole nitrogens is 1. The number of ether oxygens (including phenoxy) is 1. The fourth-order valence-electron chi connectivity index (χ4n) is 2.49. The Morgan fingerprint density at radius 1 is 1.27 bits per heavy atom. The molecule has 0 bridgehead atoms. The standard InChI is InChI=1S/C12H17FN2O9S2/c1-12(13)9(24-26(3,20)21)7(6-22-25(2,18)19)23-10(12)15-5-4-8(16)14-11(15)17/h4-5,7,9-10H,6H2,1-3H3,(H,14,16,17)/t7?,9-,10?,12-/m1/s1. The van der Waals surface area contributed by atoms with E-state index in [9.17, 15) is 26.4 Å². The van der Waals surface area contributed by atoms with Crippen LogP contribution in [0.4, 0.5) is 4.39 Å². The summed E-state index contributed by atoms with van der Waals surface area (Å²) in [5, 5.41) is 0. The van der Waals surface area contributed by atoms with Crippen molar-refractivity contribution >= 4 is 20.2 Å². The molecule has 14 heteroatoms. The molecule has 1 aromatic rings. The zero-order valence-electron chi connectivity index (χ0n) is 13.9. The zero-order chi connectivity index (χ0) is 19.9. The predicted molar refractivity (Wildman–Crippen MR) is 85.3 cm³/mol. The highest BCUT2D eigenvalue weighted by molar-refractivity contribution is 7.86. The first-order chi connectivity index (χ1) is 11.7. The molecule has 1 aliphatic heterocycles. The Morgan fingerprint density at radius 2 is 1.88 bits per heavy atom. The summed E-state index contributed by atoms with van der Waals surface area (Å²) in [5.74, 6) is 0. The monoisotopic (exact) mass is 416 g/mol. The SMILES string of the molecule is C[C@]1(F)C(n2ccc(=O)[nH]c2=O)OC(COS(C)(=O)=O)[C@H]1OS(C)(=O)=O. The predicted octanol–water partition coefficient (Wildman–Crippen LogP) is -1.52. The van der Waals surface area contributed by atoms with Crippen LogP contribution in [-0.4, -0.2) is 63.4 Å². The van der Waals surface area contributed by atoms with Gasteiger partial charge in [0.1, 0.15) is 12.2 Å². The van der Waals surface area contributed by atoms with Crippen LogP contribution in [0.5, 0.6) is 0 Å². The third-order valence-electron chi connectivity index (χ3n) is 3.51. The van der Waals surface area contributed by atoms with Crippen molar-refractivity contribution in [1.29, 1.82) is 0 Å². The Labute approximate surface area is 147 Å². The van der Waals surface area contributed by atoms with Gasteiger partial charge in [0.15, 0.2) is 11.9 Å². The van der Waals surface area contributed by atoms with Crippen molar-refractivity contribution in [2.45, 2.75) is 31.0 Å². The largest absolute Gasteiger partial charge is 0.346 e. The Hall–Kier alpha value is -1.61. The lowest BCUT2D eigenvalue weighted by Crippen LogP contribution is -2.46. The highest BCUT2D eigenvalue weighted by Crippen LogP contribution is 2.43. The molecule has 2 heterocycles. The van der Waals surface area contributed by atoms with Crippen molar-refractivity contribution in [3.8, 4) is 0 Å². The summed E-state index contributed by atoms with van der Waals surface area (Å²) < 4.78 is 75.8. The first kappa shape index (κ1) is 20.7. The van der Waals surface area contributed by atoms with Gasteiger partial charge < -0.3 is 4.74 Å². The van der Waals surface area contributed by atoms with Crippen LogP contribution in [0.25, 0.3) is 0 Å². The molecule has 0 radical (unpaired) electrons. The second-order valence-electron chi connectivity index (χ2n) is 5.91. The van der Waals surface area contributed by atoms with E-state index in [1.807, 2.05) is 4.98 Å². The topological polar surface area (TPSA) is 151 Å². The van der Waals surface area contributed by atoms with Crippen LogP contribution in [0.15, 0.2) is 21.9 Å². The molecule has 1 N–H and O–H groups in total. The maximum atomic E-state index is 15.3. The fourth-order valence-corrected chi connectivity index (χ4v) is 3.56. The molecule has 1 aliphatic rings. The van der Waals surface area contributed by atoms with Crippen LogP contribution in [0.2, 0.25) is 0 Å². The second-order valence-corrected chi connectivity index (χ2v) is 9.15. The molecule has 0 aliphatic carbocycles. The van der Waals surface area contributed by atoms with E-state index in [4.69, 9.17) is 8.92 Å². The minimum atomic E-state index is -4.16. The number of nitrogens with zero attached hydrogens (tertiary/aromatic N) is 1. The lowest BCUT2D eigenvalue weighted by atomic mass is 9.98. The number of aromatic nitrogens is 2. The van der Waals surface area contributed by atoms with Gasteiger partial charge in [-0.2, -0.15) is 16.8 Å². The van der Waals surface area contributed by atoms with Gasteiger partial charge in [-0.25, -0.2) is 9.18 Å². The third kappa shape index (κ3) is 4.76. The summed E-state index contributed by atoms with van der Waals surface area (Å²) in [5.41, 5.74) is -4.32. The number of aromatic amines is 1. The summed E-state index contributed by atoms with van der Waals surface area (Å²) in [6.07, 6.45) is -2.60. The van der Waals surface area contributed by atoms with Crippen molar-refractivity contribution in [2.75, 3.05) is 19.1 Å². The van der Waals surface area contributed by atoms with E-state index in [2.05, 4.69) is 4.18 Å². The number of hydrogen-bond donors (Lipinski definition) is 1. The van der Waals surface area contributed by atoms with E-state index in [-0.39, 0.29) is 0 Å². The lowest BCUT2D eigenvalue weighted by Gasteiger charge is -2.26. The van der Waals surface area contributed by atoms with Crippen molar-refractivity contribution in [1.82, 2.24) is 9.55 Å². The maximum Gasteiger partial charge on any atom is 0.330 e. The van der Waals surface area contributed by atoms with Crippen molar-refractivity contribution < 1.29 is 34.3 Å². The smallest absolute Gasteiger partial charge is 0.330 e. The van der Waals surface area contributed by atoms with Gasteiger partial charge in [-0.3, -0.25) is 22.7 Å². The molecule has 4 atom stereocenters. The number of rotatable bonds is 6. The van der Waals surface area contributed by atoms with E-state index in [0.717, 1.165) is 25.4 Å². The highest BCUT2D eigenvalue weighted by atomic mass is 32.2. The molecule has 2 unspecified atom stereocenters. The summed E-state index contributed by atoms with van der Waals surface area (Å²) in [6.45, 7) is 0.179. The van der Waals surface area contributed by atoms with Gasteiger partial charge in [0, 0.05) is 12.3 Å². The lowest BCUT2D eigenvalue weighted by molar-refractivity contribution is -0.0580. The summed E-state index contributed by atoms with van der Waals surface area (Å²) in [7, 11) is -8.09.